The van der Waals surface area contributed by atoms with Gasteiger partial charge in [-0.2, -0.15) is 0 Å². The van der Waals surface area contributed by atoms with Crippen molar-refractivity contribution in [1.29, 1.82) is 0 Å². The molecule has 0 aliphatic carbocycles. The van der Waals surface area contributed by atoms with Gasteiger partial charge in [-0.25, -0.2) is 0 Å². The maximum atomic E-state index is 3.28. The molecule has 1 fully saturated rings. The molecule has 45 valence electrons. The van der Waals surface area contributed by atoms with Gasteiger partial charge in [0.05, 0.1) is 0 Å². The molecular weight excluding hydrogens is 266 g/mol. The Morgan fingerprint density at radius 3 is 1.57 bits per heavy atom. The van der Waals surface area contributed by atoms with Gasteiger partial charge < -0.3 is 5.32 Å². The zero-order chi connectivity index (χ0) is 4.24. The maximum Gasteiger partial charge on any atom is 0 e. The molecule has 0 atom stereocenters. The van der Waals surface area contributed by atoms with E-state index in [1.807, 2.05) is 0 Å². The summed E-state index contributed by atoms with van der Waals surface area (Å²) >= 11 is 0. The average Bonchev–Trinajstić information content (AvgIpc) is 1.72. The van der Waals surface area contributed by atoms with E-state index < -0.39 is 0 Å². The van der Waals surface area contributed by atoms with E-state index in [9.17, 15) is 0 Å². The van der Waals surface area contributed by atoms with E-state index in [0.29, 0.717) is 0 Å². The van der Waals surface area contributed by atoms with Crippen LogP contribution >= 0.6 is 0 Å². The predicted molar refractivity (Wildman–Crippen MR) is 26.7 cm³/mol. The third-order valence-corrected chi connectivity index (χ3v) is 1.21. The van der Waals surface area contributed by atoms with Crippen LogP contribution in [0, 0.1) is 0 Å². The van der Waals surface area contributed by atoms with E-state index in [4.69, 9.17) is 0 Å². The van der Waals surface area contributed by atoms with E-state index >= 15 is 0 Å². The third kappa shape index (κ3) is 3.21. The minimum Gasteiger partial charge on any atom is -0.317 e. The molecule has 0 aromatic rings. The van der Waals surface area contributed by atoms with Crippen LogP contribution in [0.4, 0.5) is 0 Å². The normalized spacial score (nSPS) is 20.6. The number of piperidine rings is 1. The van der Waals surface area contributed by atoms with Gasteiger partial charge in [-0.1, -0.05) is 6.42 Å². The SMILES string of the molecule is C1CCNCC1.[Ir]. The molecule has 1 saturated heterocycles. The Hall–Kier alpha value is 0.609. The van der Waals surface area contributed by atoms with E-state index in [1.165, 1.54) is 32.4 Å². The van der Waals surface area contributed by atoms with Gasteiger partial charge in [-0.15, -0.1) is 0 Å². The van der Waals surface area contributed by atoms with Crippen LogP contribution < -0.4 is 5.32 Å². The molecule has 0 unspecified atom stereocenters. The molecule has 1 nitrogen and oxygen atoms in total. The van der Waals surface area contributed by atoms with Crippen molar-refractivity contribution < 1.29 is 20.1 Å². The molecule has 0 bridgehead atoms. The molecule has 0 amide bonds. The van der Waals surface area contributed by atoms with E-state index in [0.717, 1.165) is 0 Å². The van der Waals surface area contributed by atoms with Crippen LogP contribution in [0.15, 0.2) is 0 Å². The third-order valence-electron chi connectivity index (χ3n) is 1.21. The summed E-state index contributed by atoms with van der Waals surface area (Å²) in [6.45, 7) is 2.50. The Labute approximate surface area is 58.2 Å². The minimum atomic E-state index is 0. The Morgan fingerprint density at radius 2 is 1.43 bits per heavy atom. The molecule has 2 heteroatoms. The molecule has 1 N–H and O–H groups in total. The summed E-state index contributed by atoms with van der Waals surface area (Å²) in [6.07, 6.45) is 4.22. The molecule has 0 aromatic carbocycles. The largest absolute Gasteiger partial charge is 0.317 e. The standard InChI is InChI=1S/C5H11N.Ir/c1-2-4-6-5-3-1;/h6H,1-5H2;. The second kappa shape index (κ2) is 4.76. The minimum absolute atomic E-state index is 0. The topological polar surface area (TPSA) is 12.0 Å². The van der Waals surface area contributed by atoms with Crippen LogP contribution in [0.25, 0.3) is 0 Å². The van der Waals surface area contributed by atoms with E-state index in [1.54, 1.807) is 0 Å². The van der Waals surface area contributed by atoms with Crippen molar-refractivity contribution in [2.75, 3.05) is 13.1 Å². The van der Waals surface area contributed by atoms with Gasteiger partial charge in [0.15, 0.2) is 0 Å². The van der Waals surface area contributed by atoms with E-state index in [-0.39, 0.29) is 20.1 Å². The van der Waals surface area contributed by atoms with Crippen molar-refractivity contribution in [1.82, 2.24) is 5.32 Å². The van der Waals surface area contributed by atoms with Crippen molar-refractivity contribution in [2.45, 2.75) is 19.3 Å². The molecule has 0 saturated carbocycles. The number of hydrogen-bond donors (Lipinski definition) is 1. The van der Waals surface area contributed by atoms with Crippen LogP contribution in [0.5, 0.6) is 0 Å². The summed E-state index contributed by atoms with van der Waals surface area (Å²) in [5, 5.41) is 3.28. The van der Waals surface area contributed by atoms with Crippen LogP contribution in [0.3, 0.4) is 0 Å². The van der Waals surface area contributed by atoms with Gasteiger partial charge in [0.25, 0.3) is 0 Å². The fourth-order valence-electron chi connectivity index (χ4n) is 0.802. The maximum absolute atomic E-state index is 3.28. The molecule has 0 aromatic heterocycles. The monoisotopic (exact) mass is 278 g/mol. The van der Waals surface area contributed by atoms with E-state index in [2.05, 4.69) is 5.32 Å². The first-order chi connectivity index (χ1) is 3.00. The van der Waals surface area contributed by atoms with Gasteiger partial charge in [-0.3, -0.25) is 0 Å². The Bertz CT molecular complexity index is 23.6. The van der Waals surface area contributed by atoms with Crippen molar-refractivity contribution in [3.05, 3.63) is 0 Å². The zero-order valence-corrected chi connectivity index (χ0v) is 6.76. The fraction of sp³-hybridized carbons (Fsp3) is 1.00. The number of nitrogens with one attached hydrogen (secondary N) is 1. The quantitative estimate of drug-likeness (QED) is 0.689. The van der Waals surface area contributed by atoms with Crippen molar-refractivity contribution in [2.24, 2.45) is 0 Å². The second-order valence-corrected chi connectivity index (χ2v) is 1.81. The molecule has 1 aliphatic rings. The zero-order valence-electron chi connectivity index (χ0n) is 4.37. The van der Waals surface area contributed by atoms with Gasteiger partial charge in [0.2, 0.25) is 0 Å². The smallest absolute Gasteiger partial charge is 0 e. The summed E-state index contributed by atoms with van der Waals surface area (Å²) in [6, 6.07) is 0. The average molecular weight is 277 g/mol. The Kier molecular flexibility index (Phi) is 5.18. The molecule has 0 spiro atoms. The van der Waals surface area contributed by atoms with Crippen LogP contribution in [-0.2, 0) is 20.1 Å². The van der Waals surface area contributed by atoms with Crippen LogP contribution in [0.2, 0.25) is 0 Å². The molecule has 1 radical (unpaired) electrons. The molecular formula is C5H11IrN. The first-order valence-corrected chi connectivity index (χ1v) is 2.71. The van der Waals surface area contributed by atoms with Crippen molar-refractivity contribution in [3.63, 3.8) is 0 Å². The fourth-order valence-corrected chi connectivity index (χ4v) is 0.802. The van der Waals surface area contributed by atoms with Crippen molar-refractivity contribution >= 4 is 0 Å². The summed E-state index contributed by atoms with van der Waals surface area (Å²) in [5.74, 6) is 0. The van der Waals surface area contributed by atoms with Gasteiger partial charge >= 0.3 is 0 Å². The molecule has 7 heavy (non-hydrogen) atoms. The Balaban J connectivity index is 0.000000360. The van der Waals surface area contributed by atoms with Gasteiger partial charge in [-0.05, 0) is 25.9 Å². The molecule has 1 aliphatic heterocycles. The van der Waals surface area contributed by atoms with Gasteiger partial charge in [0, 0.05) is 20.1 Å². The molecule has 1 rings (SSSR count). The van der Waals surface area contributed by atoms with Gasteiger partial charge in [0.1, 0.15) is 0 Å². The summed E-state index contributed by atoms with van der Waals surface area (Å²) in [4.78, 5) is 0. The first kappa shape index (κ1) is 7.61. The summed E-state index contributed by atoms with van der Waals surface area (Å²) in [7, 11) is 0. The first-order valence-electron chi connectivity index (χ1n) is 2.71. The number of hydrogen-bond acceptors (Lipinski definition) is 1. The second-order valence-electron chi connectivity index (χ2n) is 1.81. The van der Waals surface area contributed by atoms with Crippen molar-refractivity contribution in [3.8, 4) is 0 Å². The molecule has 1 heterocycles. The summed E-state index contributed by atoms with van der Waals surface area (Å²) < 4.78 is 0. The summed E-state index contributed by atoms with van der Waals surface area (Å²) in [5.41, 5.74) is 0. The van der Waals surface area contributed by atoms with Crippen LogP contribution in [0.1, 0.15) is 19.3 Å². The Morgan fingerprint density at radius 1 is 0.857 bits per heavy atom. The van der Waals surface area contributed by atoms with Crippen LogP contribution in [-0.4, -0.2) is 13.1 Å². The number of rotatable bonds is 0. The predicted octanol–water partition coefficient (Wildman–Crippen LogP) is 0.757.